The summed E-state index contributed by atoms with van der Waals surface area (Å²) in [7, 11) is 1.88. The molecule has 0 radical (unpaired) electrons. The van der Waals surface area contributed by atoms with Crippen LogP contribution in [0.15, 0.2) is 4.79 Å². The number of rotatable bonds is 4. The fourth-order valence-electron chi connectivity index (χ4n) is 2.63. The number of thiazole rings is 1. The Bertz CT molecular complexity index is 529. The minimum absolute atomic E-state index is 0.0392. The summed E-state index contributed by atoms with van der Waals surface area (Å²) >= 11 is 1.26. The Hall–Kier alpha value is -1.14. The Morgan fingerprint density at radius 3 is 2.60 bits per heavy atom. The molecular formula is C14H23N3O2S. The minimum atomic E-state index is 0.0392. The summed E-state index contributed by atoms with van der Waals surface area (Å²) in [5.74, 6) is 0.132. The van der Waals surface area contributed by atoms with Gasteiger partial charge in [-0.05, 0) is 39.8 Å². The predicted octanol–water partition coefficient (Wildman–Crippen LogP) is 1.13. The normalized spacial score (nSPS) is 16.4. The molecule has 1 aromatic heterocycles. The lowest BCUT2D eigenvalue weighted by Gasteiger charge is -2.31. The molecule has 1 saturated heterocycles. The van der Waals surface area contributed by atoms with Gasteiger partial charge in [0.1, 0.15) is 0 Å². The molecular weight excluding hydrogens is 274 g/mol. The third kappa shape index (κ3) is 3.30. The Balaban J connectivity index is 1.92. The maximum absolute atomic E-state index is 12.2. The van der Waals surface area contributed by atoms with Crippen LogP contribution in [0.25, 0.3) is 0 Å². The van der Waals surface area contributed by atoms with Crippen molar-refractivity contribution in [2.24, 2.45) is 0 Å². The Morgan fingerprint density at radius 1 is 1.40 bits per heavy atom. The first-order valence-electron chi connectivity index (χ1n) is 7.14. The van der Waals surface area contributed by atoms with Crippen molar-refractivity contribution in [1.29, 1.82) is 0 Å². The smallest absolute Gasteiger partial charge is 0.307 e. The van der Waals surface area contributed by atoms with Crippen LogP contribution in [-0.4, -0.2) is 41.6 Å². The van der Waals surface area contributed by atoms with Crippen molar-refractivity contribution in [3.05, 3.63) is 20.2 Å². The first-order valence-corrected chi connectivity index (χ1v) is 7.95. The summed E-state index contributed by atoms with van der Waals surface area (Å²) < 4.78 is 1.72. The molecule has 0 unspecified atom stereocenters. The van der Waals surface area contributed by atoms with Gasteiger partial charge >= 0.3 is 4.87 Å². The number of aryl methyl sites for hydroxylation is 1. The second kappa shape index (κ2) is 6.54. The monoisotopic (exact) mass is 297 g/mol. The molecule has 1 N–H and O–H groups in total. The topological polar surface area (TPSA) is 54.3 Å². The van der Waals surface area contributed by atoms with Crippen LogP contribution in [-0.2, 0) is 11.3 Å². The van der Waals surface area contributed by atoms with Gasteiger partial charge < -0.3 is 14.8 Å². The van der Waals surface area contributed by atoms with Crippen LogP contribution in [0.4, 0.5) is 0 Å². The third-order valence-corrected chi connectivity index (χ3v) is 5.17. The Labute approximate surface area is 123 Å². The van der Waals surface area contributed by atoms with E-state index in [-0.39, 0.29) is 10.8 Å². The zero-order chi connectivity index (χ0) is 14.7. The van der Waals surface area contributed by atoms with Crippen LogP contribution in [0.5, 0.6) is 0 Å². The third-order valence-electron chi connectivity index (χ3n) is 4.17. The minimum Gasteiger partial charge on any atom is -0.343 e. The molecule has 20 heavy (non-hydrogen) atoms. The summed E-state index contributed by atoms with van der Waals surface area (Å²) in [4.78, 5) is 27.0. The van der Waals surface area contributed by atoms with Crippen molar-refractivity contribution >= 4 is 17.2 Å². The van der Waals surface area contributed by atoms with E-state index < -0.39 is 0 Å². The largest absolute Gasteiger partial charge is 0.343 e. The van der Waals surface area contributed by atoms with Gasteiger partial charge in [0.2, 0.25) is 5.91 Å². The van der Waals surface area contributed by atoms with Crippen molar-refractivity contribution < 1.29 is 4.79 Å². The van der Waals surface area contributed by atoms with E-state index in [0.29, 0.717) is 19.0 Å². The van der Waals surface area contributed by atoms with Gasteiger partial charge in [0.15, 0.2) is 0 Å². The number of carbonyl (C=O) groups excluding carboxylic acids is 1. The summed E-state index contributed by atoms with van der Waals surface area (Å²) in [5.41, 5.74) is 0.984. The van der Waals surface area contributed by atoms with Crippen molar-refractivity contribution in [2.45, 2.75) is 45.7 Å². The summed E-state index contributed by atoms with van der Waals surface area (Å²) in [5, 5.41) is 3.30. The molecule has 2 heterocycles. The van der Waals surface area contributed by atoms with Gasteiger partial charge in [-0.3, -0.25) is 9.59 Å². The number of carbonyl (C=O) groups is 1. The number of nitrogens with one attached hydrogen (secondary N) is 1. The standard InChI is InChI=1S/C14H23N3O2S/c1-10-11(2)20-14(19)17(10)9-6-13(18)16(3)12-4-7-15-8-5-12/h12,15H,4-9H2,1-3H3. The van der Waals surface area contributed by atoms with E-state index in [4.69, 9.17) is 0 Å². The second-order valence-corrected chi connectivity index (χ2v) is 6.56. The van der Waals surface area contributed by atoms with E-state index >= 15 is 0 Å². The molecule has 0 aliphatic carbocycles. The molecule has 112 valence electrons. The van der Waals surface area contributed by atoms with Gasteiger partial charge in [-0.2, -0.15) is 0 Å². The number of piperidine rings is 1. The second-order valence-electron chi connectivity index (χ2n) is 5.40. The van der Waals surface area contributed by atoms with Gasteiger partial charge in [0.25, 0.3) is 0 Å². The molecule has 1 aromatic rings. The van der Waals surface area contributed by atoms with Crippen molar-refractivity contribution in [2.75, 3.05) is 20.1 Å². The summed E-state index contributed by atoms with van der Waals surface area (Å²) in [6.07, 6.45) is 2.43. The fourth-order valence-corrected chi connectivity index (χ4v) is 3.49. The van der Waals surface area contributed by atoms with E-state index in [0.717, 1.165) is 36.5 Å². The van der Waals surface area contributed by atoms with Crippen LogP contribution in [0.3, 0.4) is 0 Å². The quantitative estimate of drug-likeness (QED) is 0.906. The number of amides is 1. The SMILES string of the molecule is Cc1sc(=O)n(CCC(=O)N(C)C2CCNCC2)c1C. The first kappa shape index (κ1) is 15.3. The van der Waals surface area contributed by atoms with E-state index in [2.05, 4.69) is 5.32 Å². The first-order chi connectivity index (χ1) is 9.50. The Morgan fingerprint density at radius 2 is 2.05 bits per heavy atom. The van der Waals surface area contributed by atoms with Crippen LogP contribution in [0.1, 0.15) is 29.8 Å². The highest BCUT2D eigenvalue weighted by Gasteiger charge is 2.21. The molecule has 0 aromatic carbocycles. The van der Waals surface area contributed by atoms with Gasteiger partial charge in [0, 0.05) is 36.6 Å². The fraction of sp³-hybridized carbons (Fsp3) is 0.714. The van der Waals surface area contributed by atoms with E-state index in [1.54, 1.807) is 4.57 Å². The summed E-state index contributed by atoms with van der Waals surface area (Å²) in [6.45, 7) is 6.33. The van der Waals surface area contributed by atoms with E-state index in [1.807, 2.05) is 25.8 Å². The molecule has 0 atom stereocenters. The average molecular weight is 297 g/mol. The zero-order valence-electron chi connectivity index (χ0n) is 12.4. The molecule has 1 fully saturated rings. The Kier molecular flexibility index (Phi) is 4.99. The van der Waals surface area contributed by atoms with Crippen LogP contribution >= 0.6 is 11.3 Å². The van der Waals surface area contributed by atoms with Gasteiger partial charge in [-0.15, -0.1) is 0 Å². The lowest BCUT2D eigenvalue weighted by molar-refractivity contribution is -0.132. The maximum Gasteiger partial charge on any atom is 0.307 e. The van der Waals surface area contributed by atoms with Crippen molar-refractivity contribution in [3.63, 3.8) is 0 Å². The molecule has 5 nitrogen and oxygen atoms in total. The lowest BCUT2D eigenvalue weighted by Crippen LogP contribution is -2.44. The lowest BCUT2D eigenvalue weighted by atomic mass is 10.1. The molecule has 2 rings (SSSR count). The number of aromatic nitrogens is 1. The van der Waals surface area contributed by atoms with Gasteiger partial charge in [-0.1, -0.05) is 11.3 Å². The number of hydrogen-bond donors (Lipinski definition) is 1. The highest BCUT2D eigenvalue weighted by molar-refractivity contribution is 7.09. The van der Waals surface area contributed by atoms with Crippen LogP contribution < -0.4 is 10.2 Å². The number of nitrogens with zero attached hydrogens (tertiary/aromatic N) is 2. The summed E-state index contributed by atoms with van der Waals surface area (Å²) in [6, 6.07) is 0.339. The molecule has 0 saturated carbocycles. The molecule has 1 amide bonds. The van der Waals surface area contributed by atoms with E-state index in [1.165, 1.54) is 11.3 Å². The zero-order valence-corrected chi connectivity index (χ0v) is 13.3. The van der Waals surface area contributed by atoms with Crippen LogP contribution in [0.2, 0.25) is 0 Å². The van der Waals surface area contributed by atoms with E-state index in [9.17, 15) is 9.59 Å². The van der Waals surface area contributed by atoms with Crippen molar-refractivity contribution in [1.82, 2.24) is 14.8 Å². The highest BCUT2D eigenvalue weighted by atomic mass is 32.1. The average Bonchev–Trinajstić information content (AvgIpc) is 2.70. The van der Waals surface area contributed by atoms with Crippen molar-refractivity contribution in [3.8, 4) is 0 Å². The van der Waals surface area contributed by atoms with Gasteiger partial charge in [-0.25, -0.2) is 0 Å². The maximum atomic E-state index is 12.2. The predicted molar refractivity (Wildman–Crippen MR) is 81.3 cm³/mol. The molecule has 0 spiro atoms. The molecule has 1 aliphatic heterocycles. The highest BCUT2D eigenvalue weighted by Crippen LogP contribution is 2.13. The van der Waals surface area contributed by atoms with Gasteiger partial charge in [0.05, 0.1) is 0 Å². The van der Waals surface area contributed by atoms with Crippen LogP contribution in [0, 0.1) is 13.8 Å². The molecule has 6 heteroatoms. The molecule has 0 bridgehead atoms. The molecule has 1 aliphatic rings. The number of hydrogen-bond acceptors (Lipinski definition) is 4.